The molecule has 2 heterocycles. The van der Waals surface area contributed by atoms with E-state index in [0.717, 1.165) is 0 Å². The second-order valence-electron chi connectivity index (χ2n) is 12.6. The van der Waals surface area contributed by atoms with Crippen LogP contribution in [0.5, 0.6) is 11.5 Å². The van der Waals surface area contributed by atoms with Gasteiger partial charge < -0.3 is 74.4 Å². The maximum Gasteiger partial charge on any atom is 0.339 e. The summed E-state index contributed by atoms with van der Waals surface area (Å²) in [4.78, 5) is 25.9. The third kappa shape index (κ3) is 9.70. The fraction of sp³-hybridized carbons (Fsp3) is 0.588. The summed E-state index contributed by atoms with van der Waals surface area (Å²) in [7, 11) is 0. The van der Waals surface area contributed by atoms with Gasteiger partial charge in [-0.15, -0.1) is 0 Å². The highest BCUT2D eigenvalue weighted by atomic mass is 16.7. The molecule has 2 aromatic carbocycles. The zero-order valence-corrected chi connectivity index (χ0v) is 28.0. The van der Waals surface area contributed by atoms with Crippen molar-refractivity contribution in [3.05, 3.63) is 59.7 Å². The van der Waals surface area contributed by atoms with E-state index in [2.05, 4.69) is 0 Å². The van der Waals surface area contributed by atoms with Gasteiger partial charge in [-0.1, -0.05) is 44.5 Å². The number of hydrogen-bond acceptors (Lipinski definition) is 17. The van der Waals surface area contributed by atoms with Crippen LogP contribution in [-0.2, 0) is 41.8 Å². The molecule has 0 amide bonds. The van der Waals surface area contributed by atoms with Gasteiger partial charge in [-0.25, -0.2) is 4.79 Å². The zero-order valence-electron chi connectivity index (χ0n) is 28.0. The van der Waals surface area contributed by atoms with E-state index in [4.69, 9.17) is 28.4 Å². The lowest BCUT2D eigenvalue weighted by molar-refractivity contribution is -0.277. The molecule has 2 saturated heterocycles. The molecule has 0 spiro atoms. The summed E-state index contributed by atoms with van der Waals surface area (Å²) in [5.74, 6) is -2.19. The van der Waals surface area contributed by atoms with Crippen LogP contribution in [0.2, 0.25) is 0 Å². The van der Waals surface area contributed by atoms with E-state index in [9.17, 15) is 55.5 Å². The number of aliphatic hydroxyl groups excluding tert-OH is 8. The van der Waals surface area contributed by atoms with Gasteiger partial charge in [0.1, 0.15) is 73.5 Å². The van der Waals surface area contributed by atoms with Gasteiger partial charge in [-0.2, -0.15) is 0 Å². The number of rotatable bonds is 15. The van der Waals surface area contributed by atoms with Gasteiger partial charge in [-0.3, -0.25) is 4.79 Å². The lowest BCUT2D eigenvalue weighted by atomic mass is 9.84. The summed E-state index contributed by atoms with van der Waals surface area (Å²) in [5.41, 5.74) is -1.21. The Morgan fingerprint density at radius 3 is 1.49 bits per heavy atom. The average molecular weight is 727 g/mol. The molecule has 2 fully saturated rings. The first-order valence-corrected chi connectivity index (χ1v) is 16.4. The highest BCUT2D eigenvalue weighted by Gasteiger charge is 2.47. The van der Waals surface area contributed by atoms with Crippen LogP contribution < -0.4 is 9.47 Å². The van der Waals surface area contributed by atoms with Crippen molar-refractivity contribution in [2.75, 3.05) is 13.2 Å². The number of carbonyl (C=O) groups is 2. The number of ether oxygens (including phenoxy) is 6. The minimum atomic E-state index is -2.21. The average Bonchev–Trinajstić information content (AvgIpc) is 3.13. The quantitative estimate of drug-likeness (QED) is 0.0898. The molecule has 0 unspecified atom stereocenters. The Morgan fingerprint density at radius 2 is 1.10 bits per heavy atom. The predicted octanol–water partition coefficient (Wildman–Crippen LogP) is -2.00. The van der Waals surface area contributed by atoms with Gasteiger partial charge in [0, 0.05) is 0 Å². The number of aliphatic hydroxyl groups is 9. The van der Waals surface area contributed by atoms with Crippen molar-refractivity contribution < 1.29 is 84.0 Å². The fourth-order valence-corrected chi connectivity index (χ4v) is 5.42. The molecule has 0 aliphatic carbocycles. The van der Waals surface area contributed by atoms with E-state index >= 15 is 0 Å². The minimum absolute atomic E-state index is 0.198. The number of carbonyl (C=O) groups excluding carboxylic acids is 2. The molecule has 0 aromatic heterocycles. The molecule has 2 aromatic rings. The minimum Gasteiger partial charge on any atom is -0.462 e. The molecule has 4 rings (SSSR count). The first kappa shape index (κ1) is 40.3. The Hall–Kier alpha value is -3.46. The summed E-state index contributed by atoms with van der Waals surface area (Å²) in [5, 5.41) is 90.1. The Bertz CT molecular complexity index is 1400. The summed E-state index contributed by atoms with van der Waals surface area (Å²) in [6.45, 7) is 1.61. The normalized spacial score (nSPS) is 31.2. The molecule has 0 bridgehead atoms. The van der Waals surface area contributed by atoms with Crippen molar-refractivity contribution in [3.63, 3.8) is 0 Å². The number of hydrogen-bond donors (Lipinski definition) is 9. The van der Waals surface area contributed by atoms with Gasteiger partial charge in [0.25, 0.3) is 0 Å². The van der Waals surface area contributed by atoms with Crippen LogP contribution in [0.15, 0.2) is 48.5 Å². The first-order valence-electron chi connectivity index (χ1n) is 16.4. The van der Waals surface area contributed by atoms with Gasteiger partial charge in [0.2, 0.25) is 12.6 Å². The largest absolute Gasteiger partial charge is 0.462 e. The molecule has 0 saturated carbocycles. The van der Waals surface area contributed by atoms with Crippen molar-refractivity contribution in [2.24, 2.45) is 5.92 Å². The van der Waals surface area contributed by atoms with Crippen LogP contribution in [0.3, 0.4) is 0 Å². The van der Waals surface area contributed by atoms with E-state index in [1.165, 1.54) is 36.4 Å². The fourth-order valence-electron chi connectivity index (χ4n) is 5.42. The Labute approximate surface area is 293 Å². The first-order chi connectivity index (χ1) is 24.2. The maximum atomic E-state index is 13.1. The predicted molar refractivity (Wildman–Crippen MR) is 170 cm³/mol. The molecular formula is C34H46O17. The van der Waals surface area contributed by atoms with E-state index < -0.39 is 105 Å². The molecular weight excluding hydrogens is 680 g/mol. The van der Waals surface area contributed by atoms with Crippen LogP contribution in [0.1, 0.15) is 37.8 Å². The summed E-state index contributed by atoms with van der Waals surface area (Å²) >= 11 is 0. The molecule has 9 N–H and O–H groups in total. The lowest BCUT2D eigenvalue weighted by Crippen LogP contribution is -2.60. The van der Waals surface area contributed by atoms with Crippen molar-refractivity contribution in [1.29, 1.82) is 0 Å². The Kier molecular flexibility index (Phi) is 14.1. The van der Waals surface area contributed by atoms with Crippen LogP contribution in [0, 0.1) is 5.92 Å². The van der Waals surface area contributed by atoms with E-state index in [1.54, 1.807) is 26.0 Å². The molecule has 0 radical (unpaired) electrons. The molecule has 284 valence electrons. The SMILES string of the molecule is CC[C@H](C)[C@](O)(CC(=O)OCc1ccc(O[C@H]2O[C@@H](CO)[C@H](O)[C@H](O)[C@H]2O)cc1)C(=O)OCc1ccc(O[C@@H]2O[C@H](CO)[C@@H](O)[C@H](O)[C@H]2O)cc1. The lowest BCUT2D eigenvalue weighted by Gasteiger charge is -2.39. The molecule has 51 heavy (non-hydrogen) atoms. The van der Waals surface area contributed by atoms with Gasteiger partial charge in [-0.05, 0) is 41.3 Å². The second-order valence-corrected chi connectivity index (χ2v) is 12.6. The molecule has 2 aliphatic rings. The molecule has 17 heteroatoms. The van der Waals surface area contributed by atoms with Gasteiger partial charge >= 0.3 is 11.9 Å². The Balaban J connectivity index is 1.28. The van der Waals surface area contributed by atoms with Crippen molar-refractivity contribution in [1.82, 2.24) is 0 Å². The topological polar surface area (TPSA) is 272 Å². The number of benzene rings is 2. The molecule has 2 aliphatic heterocycles. The zero-order chi connectivity index (χ0) is 37.5. The van der Waals surface area contributed by atoms with E-state index in [1.807, 2.05) is 0 Å². The summed E-state index contributed by atoms with van der Waals surface area (Å²) in [6, 6.07) is 12.0. The summed E-state index contributed by atoms with van der Waals surface area (Å²) in [6.07, 6.45) is -14.9. The standard InChI is InChI=1S/C34H46O17/c1-3-17(2)34(45,33(44)47-16-19-6-10-21(11-7-19)49-32-30(43)28(41)26(39)23(14-36)51-32)12-24(37)46-15-18-4-8-20(9-5-18)48-31-29(42)27(40)25(38)22(13-35)50-31/h4-11,17,22-23,25-32,35-36,38-43,45H,3,12-16H2,1-2H3/t17-,22-,23+,25-,26+,27-,28-,29+,30+,31-,32+,34+/m0/s1. The van der Waals surface area contributed by atoms with E-state index in [-0.39, 0.29) is 24.7 Å². The number of esters is 2. The highest BCUT2D eigenvalue weighted by molar-refractivity contribution is 5.86. The third-order valence-electron chi connectivity index (χ3n) is 9.01. The molecule has 17 nitrogen and oxygen atoms in total. The van der Waals surface area contributed by atoms with Crippen LogP contribution >= 0.6 is 0 Å². The van der Waals surface area contributed by atoms with E-state index in [0.29, 0.717) is 17.5 Å². The smallest absolute Gasteiger partial charge is 0.339 e. The van der Waals surface area contributed by atoms with Crippen LogP contribution in [0.4, 0.5) is 0 Å². The van der Waals surface area contributed by atoms with Crippen LogP contribution in [0.25, 0.3) is 0 Å². The Morgan fingerprint density at radius 1 is 0.686 bits per heavy atom. The van der Waals surface area contributed by atoms with Crippen molar-refractivity contribution in [3.8, 4) is 11.5 Å². The highest BCUT2D eigenvalue weighted by Crippen LogP contribution is 2.29. The third-order valence-corrected chi connectivity index (χ3v) is 9.01. The second kappa shape index (κ2) is 17.8. The van der Waals surface area contributed by atoms with Crippen molar-refractivity contribution >= 4 is 11.9 Å². The van der Waals surface area contributed by atoms with Gasteiger partial charge in [0.05, 0.1) is 19.6 Å². The van der Waals surface area contributed by atoms with Gasteiger partial charge in [0.15, 0.2) is 5.60 Å². The monoisotopic (exact) mass is 726 g/mol. The van der Waals surface area contributed by atoms with Crippen LogP contribution in [-0.4, -0.2) is 138 Å². The molecule has 12 atom stereocenters. The summed E-state index contributed by atoms with van der Waals surface area (Å²) < 4.78 is 32.4. The maximum absolute atomic E-state index is 13.1. The van der Waals surface area contributed by atoms with Crippen molar-refractivity contribution in [2.45, 2.75) is 107 Å².